The van der Waals surface area contributed by atoms with Gasteiger partial charge in [0, 0.05) is 0 Å². The normalized spacial score (nSPS) is 10.4. The second-order valence-corrected chi connectivity index (χ2v) is 4.90. The molecule has 2 N–H and O–H groups in total. The van der Waals surface area contributed by atoms with Crippen LogP contribution in [0.15, 0.2) is 47.1 Å². The van der Waals surface area contributed by atoms with Gasteiger partial charge >= 0.3 is 5.97 Å². The molecule has 5 heteroatoms. The molecule has 0 saturated heterocycles. The van der Waals surface area contributed by atoms with Gasteiger partial charge in [-0.05, 0) is 37.1 Å². The zero-order chi connectivity index (χ0) is 15.6. The Morgan fingerprint density at radius 3 is 2.82 bits per heavy atom. The third kappa shape index (κ3) is 4.93. The van der Waals surface area contributed by atoms with Crippen LogP contribution >= 0.6 is 0 Å². The maximum Gasteiger partial charge on any atom is 0.341 e. The number of benzene rings is 1. The number of hydrogen-bond donors (Lipinski definition) is 1. The van der Waals surface area contributed by atoms with Crippen LogP contribution in [0.5, 0.6) is 5.75 Å². The monoisotopic (exact) mass is 304 g/mol. The van der Waals surface area contributed by atoms with Crippen molar-refractivity contribution in [1.82, 2.24) is 0 Å². The summed E-state index contributed by atoms with van der Waals surface area (Å²) in [5.74, 6) is 1.19. The van der Waals surface area contributed by atoms with Crippen LogP contribution in [0, 0.1) is 0 Å². The lowest BCUT2D eigenvalue weighted by atomic mass is 10.2. The van der Waals surface area contributed by atoms with E-state index in [9.17, 15) is 4.79 Å². The van der Waals surface area contributed by atoms with E-state index in [1.165, 1.54) is 7.11 Å². The van der Waals surface area contributed by atoms with Crippen molar-refractivity contribution in [3.05, 3.63) is 54.0 Å². The first-order valence-electron chi connectivity index (χ1n) is 7.45. The Hall–Kier alpha value is -2.27. The molecule has 0 aliphatic rings. The van der Waals surface area contributed by atoms with Crippen molar-refractivity contribution in [3.8, 4) is 5.75 Å². The van der Waals surface area contributed by atoms with Crippen LogP contribution in [0.4, 0.5) is 0 Å². The molecule has 2 aromatic rings. The molecule has 0 amide bonds. The first-order chi connectivity index (χ1) is 10.8. The molecule has 0 unspecified atom stereocenters. The molecule has 0 spiro atoms. The number of carbonyl (C=O) groups is 1. The molecule has 1 aromatic heterocycles. The van der Waals surface area contributed by atoms with E-state index in [4.69, 9.17) is 13.9 Å². The fourth-order valence-electron chi connectivity index (χ4n) is 2.12. The first-order valence-corrected chi connectivity index (χ1v) is 7.45. The number of quaternary nitrogens is 1. The number of nitrogens with two attached hydrogens (primary N) is 1. The van der Waals surface area contributed by atoms with Gasteiger partial charge in [-0.15, -0.1) is 0 Å². The molecule has 0 bridgehead atoms. The average molecular weight is 304 g/mol. The molecule has 0 atom stereocenters. The number of carbonyl (C=O) groups excluding carboxylic acids is 1. The van der Waals surface area contributed by atoms with Crippen LogP contribution in [0.1, 0.15) is 29.0 Å². The number of furan rings is 1. The van der Waals surface area contributed by atoms with Gasteiger partial charge in [0.25, 0.3) is 0 Å². The maximum absolute atomic E-state index is 11.6. The maximum atomic E-state index is 11.6. The number of methoxy groups -OCH3 is 1. The first kappa shape index (κ1) is 16.1. The van der Waals surface area contributed by atoms with Crippen LogP contribution in [-0.2, 0) is 11.3 Å². The number of para-hydroxylation sites is 1. The Bertz CT molecular complexity index is 566. The van der Waals surface area contributed by atoms with Crippen LogP contribution in [0.3, 0.4) is 0 Å². The van der Waals surface area contributed by atoms with Gasteiger partial charge in [0.05, 0.1) is 26.5 Å². The highest BCUT2D eigenvalue weighted by Crippen LogP contribution is 2.18. The quantitative estimate of drug-likeness (QED) is 0.568. The summed E-state index contributed by atoms with van der Waals surface area (Å²) in [5, 5.41) is 2.21. The van der Waals surface area contributed by atoms with Gasteiger partial charge in [-0.3, -0.25) is 0 Å². The van der Waals surface area contributed by atoms with Crippen molar-refractivity contribution in [2.24, 2.45) is 0 Å². The Morgan fingerprint density at radius 2 is 2.05 bits per heavy atom. The molecule has 1 aromatic carbocycles. The van der Waals surface area contributed by atoms with E-state index in [-0.39, 0.29) is 5.97 Å². The molecule has 0 aliphatic heterocycles. The molecule has 0 aliphatic carbocycles. The summed E-state index contributed by atoms with van der Waals surface area (Å²) in [5.41, 5.74) is 0.467. The van der Waals surface area contributed by atoms with Gasteiger partial charge in [-0.2, -0.15) is 0 Å². The third-order valence-electron chi connectivity index (χ3n) is 3.28. The van der Waals surface area contributed by atoms with Crippen molar-refractivity contribution < 1.29 is 24.0 Å². The Balaban J connectivity index is 1.63. The van der Waals surface area contributed by atoms with Crippen LogP contribution < -0.4 is 10.1 Å². The molecule has 0 saturated carbocycles. The van der Waals surface area contributed by atoms with Gasteiger partial charge < -0.3 is 19.2 Å². The van der Waals surface area contributed by atoms with E-state index in [0.717, 1.165) is 31.7 Å². The molecule has 118 valence electrons. The number of ether oxygens (including phenoxy) is 2. The highest BCUT2D eigenvalue weighted by molar-refractivity contribution is 5.92. The van der Waals surface area contributed by atoms with Gasteiger partial charge in [0.15, 0.2) is 5.76 Å². The van der Waals surface area contributed by atoms with E-state index < -0.39 is 0 Å². The lowest BCUT2D eigenvalue weighted by molar-refractivity contribution is -0.672. The van der Waals surface area contributed by atoms with Gasteiger partial charge in [0.1, 0.15) is 17.9 Å². The third-order valence-corrected chi connectivity index (χ3v) is 3.28. The zero-order valence-corrected chi connectivity index (χ0v) is 12.8. The SMILES string of the molecule is COC(=O)c1ccccc1OCCCC[NH2+]Cc1ccco1. The fourth-order valence-corrected chi connectivity index (χ4v) is 2.12. The van der Waals surface area contributed by atoms with E-state index in [2.05, 4.69) is 5.32 Å². The Morgan fingerprint density at radius 1 is 1.18 bits per heavy atom. The van der Waals surface area contributed by atoms with Crippen molar-refractivity contribution in [2.75, 3.05) is 20.3 Å². The molecular weight excluding hydrogens is 282 g/mol. The second kappa shape index (κ2) is 8.89. The predicted octanol–water partition coefficient (Wildman–Crippen LogP) is 1.99. The molecule has 0 fully saturated rings. The van der Waals surface area contributed by atoms with E-state index in [1.54, 1.807) is 24.5 Å². The molecular formula is C17H22NO4+. The highest BCUT2D eigenvalue weighted by atomic mass is 16.5. The largest absolute Gasteiger partial charge is 0.493 e. The molecule has 22 heavy (non-hydrogen) atoms. The van der Waals surface area contributed by atoms with Gasteiger partial charge in [-0.25, -0.2) is 4.79 Å². The van der Waals surface area contributed by atoms with Crippen molar-refractivity contribution in [2.45, 2.75) is 19.4 Å². The minimum absolute atomic E-state index is 0.373. The molecule has 1 heterocycles. The molecule has 0 radical (unpaired) electrons. The zero-order valence-electron chi connectivity index (χ0n) is 12.8. The smallest absolute Gasteiger partial charge is 0.341 e. The van der Waals surface area contributed by atoms with Gasteiger partial charge in [0.2, 0.25) is 0 Å². The summed E-state index contributed by atoms with van der Waals surface area (Å²) in [7, 11) is 1.37. The van der Waals surface area contributed by atoms with E-state index >= 15 is 0 Å². The Labute approximate surface area is 130 Å². The van der Waals surface area contributed by atoms with Crippen LogP contribution in [0.25, 0.3) is 0 Å². The standard InChI is InChI=1S/C17H21NO4/c1-20-17(19)15-8-2-3-9-16(15)22-11-5-4-10-18-13-14-7-6-12-21-14/h2-3,6-9,12,18H,4-5,10-11,13H2,1H3/p+1. The van der Waals surface area contributed by atoms with Crippen molar-refractivity contribution in [1.29, 1.82) is 0 Å². The lowest BCUT2D eigenvalue weighted by Gasteiger charge is -2.09. The van der Waals surface area contributed by atoms with E-state index in [0.29, 0.717) is 17.9 Å². The van der Waals surface area contributed by atoms with Gasteiger partial charge in [-0.1, -0.05) is 12.1 Å². The predicted molar refractivity (Wildman–Crippen MR) is 81.7 cm³/mol. The number of hydrogen-bond acceptors (Lipinski definition) is 4. The van der Waals surface area contributed by atoms with Crippen LogP contribution in [-0.4, -0.2) is 26.2 Å². The summed E-state index contributed by atoms with van der Waals surface area (Å²) in [4.78, 5) is 11.6. The highest BCUT2D eigenvalue weighted by Gasteiger charge is 2.11. The van der Waals surface area contributed by atoms with Crippen molar-refractivity contribution in [3.63, 3.8) is 0 Å². The number of unbranched alkanes of at least 4 members (excludes halogenated alkanes) is 1. The molecule has 2 rings (SSSR count). The fraction of sp³-hybridized carbons (Fsp3) is 0.353. The minimum atomic E-state index is -0.373. The number of esters is 1. The van der Waals surface area contributed by atoms with Crippen LogP contribution in [0.2, 0.25) is 0 Å². The average Bonchev–Trinajstić information content (AvgIpc) is 3.07. The minimum Gasteiger partial charge on any atom is -0.493 e. The Kier molecular flexibility index (Phi) is 6.51. The van der Waals surface area contributed by atoms with Crippen molar-refractivity contribution >= 4 is 5.97 Å². The second-order valence-electron chi connectivity index (χ2n) is 4.90. The lowest BCUT2D eigenvalue weighted by Crippen LogP contribution is -2.82. The van der Waals surface area contributed by atoms with E-state index in [1.807, 2.05) is 18.2 Å². The summed E-state index contributed by atoms with van der Waals surface area (Å²) >= 11 is 0. The summed E-state index contributed by atoms with van der Waals surface area (Å²) in [6.45, 7) is 2.46. The number of rotatable bonds is 9. The topological polar surface area (TPSA) is 65.3 Å². The molecule has 5 nitrogen and oxygen atoms in total. The summed E-state index contributed by atoms with van der Waals surface area (Å²) in [6, 6.07) is 11.0. The summed E-state index contributed by atoms with van der Waals surface area (Å²) < 4.78 is 15.7. The summed E-state index contributed by atoms with van der Waals surface area (Å²) in [6.07, 6.45) is 3.67.